The molecule has 7 nitrogen and oxygen atoms in total. The number of benzene rings is 1. The standard InChI is InChI=1S/C18H24ClN3O4S/c19-14-10-15-16(26-12-18(23)20-15)11-17(14)27(24,25)22-8-6-21(7-9-22)13-4-2-1-3-5-13/h10-11,13H,1-9,12H2,(H,20,23). The van der Waals surface area contributed by atoms with Crippen molar-refractivity contribution in [3.63, 3.8) is 0 Å². The van der Waals surface area contributed by atoms with E-state index in [2.05, 4.69) is 10.2 Å². The van der Waals surface area contributed by atoms with Gasteiger partial charge in [-0.15, -0.1) is 0 Å². The maximum Gasteiger partial charge on any atom is 0.262 e. The molecule has 148 valence electrons. The molecule has 0 atom stereocenters. The van der Waals surface area contributed by atoms with Crippen molar-refractivity contribution in [3.05, 3.63) is 17.2 Å². The number of rotatable bonds is 3. The van der Waals surface area contributed by atoms with Crippen LogP contribution in [0.5, 0.6) is 5.75 Å². The summed E-state index contributed by atoms with van der Waals surface area (Å²) in [6, 6.07) is 3.45. The molecule has 1 aromatic carbocycles. The lowest BCUT2D eigenvalue weighted by molar-refractivity contribution is -0.118. The van der Waals surface area contributed by atoms with Gasteiger partial charge in [-0.25, -0.2) is 8.42 Å². The number of ether oxygens (including phenoxy) is 1. The van der Waals surface area contributed by atoms with Gasteiger partial charge in [0.1, 0.15) is 10.6 Å². The molecule has 1 aromatic rings. The number of nitrogens with one attached hydrogen (secondary N) is 1. The van der Waals surface area contributed by atoms with E-state index in [0.29, 0.717) is 30.6 Å². The van der Waals surface area contributed by atoms with Gasteiger partial charge in [-0.2, -0.15) is 4.31 Å². The van der Waals surface area contributed by atoms with E-state index >= 15 is 0 Å². The first-order chi connectivity index (χ1) is 12.9. The highest BCUT2D eigenvalue weighted by Gasteiger charge is 2.33. The Morgan fingerprint density at radius 2 is 1.78 bits per heavy atom. The molecule has 0 unspecified atom stereocenters. The number of carbonyl (C=O) groups excluding carboxylic acids is 1. The zero-order valence-corrected chi connectivity index (χ0v) is 16.7. The molecular weight excluding hydrogens is 390 g/mol. The summed E-state index contributed by atoms with van der Waals surface area (Å²) < 4.78 is 33.1. The number of anilines is 1. The monoisotopic (exact) mass is 413 g/mol. The third kappa shape index (κ3) is 3.81. The van der Waals surface area contributed by atoms with Gasteiger partial charge in [0.25, 0.3) is 5.91 Å². The van der Waals surface area contributed by atoms with Crippen LogP contribution in [0.1, 0.15) is 32.1 Å². The third-order valence-electron chi connectivity index (χ3n) is 5.65. The molecule has 1 aliphatic carbocycles. The number of sulfonamides is 1. The van der Waals surface area contributed by atoms with E-state index in [0.717, 1.165) is 13.1 Å². The number of fused-ring (bicyclic) bond motifs is 1. The van der Waals surface area contributed by atoms with Gasteiger partial charge in [0.15, 0.2) is 6.61 Å². The number of nitrogens with zero attached hydrogens (tertiary/aromatic N) is 2. The normalized spacial score (nSPS) is 22.8. The lowest BCUT2D eigenvalue weighted by Crippen LogP contribution is -2.52. The van der Waals surface area contributed by atoms with Crippen molar-refractivity contribution in [1.29, 1.82) is 0 Å². The maximum absolute atomic E-state index is 13.1. The average molecular weight is 414 g/mol. The first kappa shape index (κ1) is 19.0. The zero-order valence-electron chi connectivity index (χ0n) is 15.1. The van der Waals surface area contributed by atoms with Crippen LogP contribution in [0.4, 0.5) is 5.69 Å². The largest absolute Gasteiger partial charge is 0.482 e. The van der Waals surface area contributed by atoms with Crippen LogP contribution in [-0.4, -0.2) is 62.4 Å². The van der Waals surface area contributed by atoms with Crippen LogP contribution in [0.15, 0.2) is 17.0 Å². The molecule has 0 spiro atoms. The SMILES string of the molecule is O=C1COc2cc(S(=O)(=O)N3CCN(C4CCCCC4)CC3)c(Cl)cc2N1. The minimum atomic E-state index is -3.71. The van der Waals surface area contributed by atoms with Gasteiger partial charge >= 0.3 is 0 Å². The fourth-order valence-corrected chi connectivity index (χ4v) is 6.11. The van der Waals surface area contributed by atoms with Crippen LogP contribution in [0.2, 0.25) is 5.02 Å². The van der Waals surface area contributed by atoms with Crippen molar-refractivity contribution < 1.29 is 17.9 Å². The Kier molecular flexibility index (Phi) is 5.33. The molecule has 1 saturated carbocycles. The fourth-order valence-electron chi connectivity index (χ4n) is 4.17. The summed E-state index contributed by atoms with van der Waals surface area (Å²) in [4.78, 5) is 13.9. The van der Waals surface area contributed by atoms with Gasteiger partial charge in [-0.1, -0.05) is 30.9 Å². The molecule has 2 heterocycles. The number of hydrogen-bond donors (Lipinski definition) is 1. The predicted octanol–water partition coefficient (Wildman–Crippen LogP) is 2.31. The molecule has 9 heteroatoms. The maximum atomic E-state index is 13.1. The Morgan fingerprint density at radius 3 is 2.48 bits per heavy atom. The summed E-state index contributed by atoms with van der Waals surface area (Å²) in [5.74, 6) is 0.0476. The van der Waals surface area contributed by atoms with Crippen molar-refractivity contribution in [2.24, 2.45) is 0 Å². The van der Waals surface area contributed by atoms with Crippen LogP contribution in [0.25, 0.3) is 0 Å². The second-order valence-corrected chi connectivity index (χ2v) is 9.66. The van der Waals surface area contributed by atoms with Gasteiger partial charge in [0.2, 0.25) is 10.0 Å². The molecule has 0 radical (unpaired) electrons. The Hall–Kier alpha value is -1.35. The molecule has 1 saturated heterocycles. The molecular formula is C18H24ClN3O4S. The molecule has 4 rings (SSSR count). The predicted molar refractivity (Wildman–Crippen MR) is 103 cm³/mol. The molecule has 1 N–H and O–H groups in total. The van der Waals surface area contributed by atoms with Crippen molar-refractivity contribution in [2.45, 2.75) is 43.0 Å². The van der Waals surface area contributed by atoms with Crippen molar-refractivity contribution in [1.82, 2.24) is 9.21 Å². The second kappa shape index (κ2) is 7.58. The fraction of sp³-hybridized carbons (Fsp3) is 0.611. The van der Waals surface area contributed by atoms with E-state index in [1.54, 1.807) is 0 Å². The molecule has 27 heavy (non-hydrogen) atoms. The van der Waals surface area contributed by atoms with E-state index in [4.69, 9.17) is 16.3 Å². The summed E-state index contributed by atoms with van der Waals surface area (Å²) in [5, 5.41) is 2.73. The Balaban J connectivity index is 1.50. The van der Waals surface area contributed by atoms with Crippen LogP contribution in [0, 0.1) is 0 Å². The summed E-state index contributed by atoms with van der Waals surface area (Å²) in [6.07, 6.45) is 6.28. The van der Waals surface area contributed by atoms with E-state index in [1.807, 2.05) is 0 Å². The van der Waals surface area contributed by atoms with E-state index in [-0.39, 0.29) is 22.4 Å². The van der Waals surface area contributed by atoms with Crippen LogP contribution in [-0.2, 0) is 14.8 Å². The number of piperazine rings is 1. The van der Waals surface area contributed by atoms with Crippen LogP contribution >= 0.6 is 11.6 Å². The molecule has 2 fully saturated rings. The van der Waals surface area contributed by atoms with E-state index < -0.39 is 10.0 Å². The molecule has 0 aromatic heterocycles. The van der Waals surface area contributed by atoms with Crippen LogP contribution < -0.4 is 10.1 Å². The lowest BCUT2D eigenvalue weighted by atomic mass is 9.94. The summed E-state index contributed by atoms with van der Waals surface area (Å²) in [6.45, 7) is 2.29. The van der Waals surface area contributed by atoms with Gasteiger partial charge in [0.05, 0.1) is 10.7 Å². The summed E-state index contributed by atoms with van der Waals surface area (Å²) in [5.41, 5.74) is 0.400. The van der Waals surface area contributed by atoms with Gasteiger partial charge in [-0.05, 0) is 18.9 Å². The minimum Gasteiger partial charge on any atom is -0.482 e. The molecule has 3 aliphatic rings. The lowest BCUT2D eigenvalue weighted by Gasteiger charge is -2.40. The molecule has 2 aliphatic heterocycles. The number of halogens is 1. The van der Waals surface area contributed by atoms with Crippen LogP contribution in [0.3, 0.4) is 0 Å². The highest BCUT2D eigenvalue weighted by atomic mass is 35.5. The van der Waals surface area contributed by atoms with E-state index in [9.17, 15) is 13.2 Å². The smallest absolute Gasteiger partial charge is 0.262 e. The van der Waals surface area contributed by atoms with Gasteiger partial charge < -0.3 is 10.1 Å². The van der Waals surface area contributed by atoms with Crippen molar-refractivity contribution in [3.8, 4) is 5.75 Å². The zero-order chi connectivity index (χ0) is 19.0. The summed E-state index contributed by atoms with van der Waals surface area (Å²) in [7, 11) is -3.71. The quantitative estimate of drug-likeness (QED) is 0.822. The van der Waals surface area contributed by atoms with Gasteiger partial charge in [0, 0.05) is 38.3 Å². The average Bonchev–Trinajstić information content (AvgIpc) is 2.68. The topological polar surface area (TPSA) is 79.0 Å². The second-order valence-electron chi connectivity index (χ2n) is 7.35. The molecule has 1 amide bonds. The van der Waals surface area contributed by atoms with Gasteiger partial charge in [-0.3, -0.25) is 9.69 Å². The number of amides is 1. The summed E-state index contributed by atoms with van der Waals surface area (Å²) >= 11 is 6.24. The Bertz CT molecular complexity index is 831. The van der Waals surface area contributed by atoms with E-state index in [1.165, 1.54) is 48.5 Å². The highest BCUT2D eigenvalue weighted by molar-refractivity contribution is 7.89. The Morgan fingerprint density at radius 1 is 1.07 bits per heavy atom. The highest BCUT2D eigenvalue weighted by Crippen LogP contribution is 2.37. The first-order valence-electron chi connectivity index (χ1n) is 9.45. The third-order valence-corrected chi connectivity index (χ3v) is 8.01. The Labute approximate surface area is 164 Å². The first-order valence-corrected chi connectivity index (χ1v) is 11.3. The van der Waals surface area contributed by atoms with Crippen molar-refractivity contribution in [2.75, 3.05) is 38.1 Å². The number of carbonyl (C=O) groups is 1. The van der Waals surface area contributed by atoms with Crippen molar-refractivity contribution >= 4 is 33.2 Å². The minimum absolute atomic E-state index is 0.0326. The molecule has 0 bridgehead atoms. The number of hydrogen-bond acceptors (Lipinski definition) is 5.